The Morgan fingerprint density at radius 3 is 1.87 bits per heavy atom. The van der Waals surface area contributed by atoms with Crippen LogP contribution in [0.25, 0.3) is 0 Å². The topological polar surface area (TPSA) is 86.7 Å². The summed E-state index contributed by atoms with van der Waals surface area (Å²) >= 11 is 0. The Morgan fingerprint density at radius 1 is 0.913 bits per heavy atom. The first-order valence-electron chi connectivity index (χ1n) is 7.86. The van der Waals surface area contributed by atoms with E-state index in [1.165, 1.54) is 13.8 Å². The van der Waals surface area contributed by atoms with Gasteiger partial charge in [0.15, 0.2) is 5.78 Å². The molecule has 0 aromatic heterocycles. The Hall–Kier alpha value is -1.72. The predicted octanol–water partition coefficient (Wildman–Crippen LogP) is 2.96. The van der Waals surface area contributed by atoms with Crippen LogP contribution in [0.4, 0.5) is 4.79 Å². The molecule has 0 aromatic carbocycles. The van der Waals surface area contributed by atoms with Crippen molar-refractivity contribution in [1.29, 1.82) is 0 Å². The molecule has 0 aliphatic heterocycles. The molecule has 0 spiro atoms. The number of ketones is 3. The second-order valence-corrected chi connectivity index (χ2v) is 6.74. The van der Waals surface area contributed by atoms with Gasteiger partial charge in [0.05, 0.1) is 11.8 Å². The molecule has 132 valence electrons. The molecule has 0 fully saturated rings. The average Bonchev–Trinajstić information content (AvgIpc) is 2.46. The van der Waals surface area contributed by atoms with Gasteiger partial charge in [0.25, 0.3) is 0 Å². The van der Waals surface area contributed by atoms with Crippen molar-refractivity contribution in [2.75, 3.05) is 6.61 Å². The smallest absolute Gasteiger partial charge is 0.434 e. The van der Waals surface area contributed by atoms with E-state index in [2.05, 4.69) is 0 Å². The SMILES string of the molecule is CCC(=O)C(C)C(=O)C(C)C(=O)C(C)COC(=O)OC(C)(C)C. The molecule has 3 unspecified atom stereocenters. The molecule has 0 rings (SSSR count). The summed E-state index contributed by atoms with van der Waals surface area (Å²) in [5.74, 6) is -3.28. The van der Waals surface area contributed by atoms with E-state index in [-0.39, 0.29) is 24.6 Å². The van der Waals surface area contributed by atoms with Crippen LogP contribution in [0.5, 0.6) is 0 Å². The fourth-order valence-electron chi connectivity index (χ4n) is 1.96. The van der Waals surface area contributed by atoms with E-state index in [4.69, 9.17) is 9.47 Å². The first kappa shape index (κ1) is 21.3. The van der Waals surface area contributed by atoms with Gasteiger partial charge in [-0.1, -0.05) is 13.8 Å². The van der Waals surface area contributed by atoms with Crippen molar-refractivity contribution in [2.45, 2.75) is 60.5 Å². The normalized spacial score (nSPS) is 15.3. The first-order valence-corrected chi connectivity index (χ1v) is 7.86. The molecule has 0 amide bonds. The third-order valence-corrected chi connectivity index (χ3v) is 3.44. The van der Waals surface area contributed by atoms with Gasteiger partial charge in [0.2, 0.25) is 0 Å². The van der Waals surface area contributed by atoms with Crippen LogP contribution < -0.4 is 0 Å². The molecule has 0 N–H and O–H groups in total. The Labute approximate surface area is 137 Å². The largest absolute Gasteiger partial charge is 0.508 e. The van der Waals surface area contributed by atoms with Crippen molar-refractivity contribution < 1.29 is 28.7 Å². The minimum atomic E-state index is -0.905. The molecule has 0 radical (unpaired) electrons. The number of carbonyl (C=O) groups excluding carboxylic acids is 4. The second-order valence-electron chi connectivity index (χ2n) is 6.74. The van der Waals surface area contributed by atoms with E-state index in [1.807, 2.05) is 0 Å². The number of carbonyl (C=O) groups is 4. The van der Waals surface area contributed by atoms with Crippen LogP contribution in [0.15, 0.2) is 0 Å². The summed E-state index contributed by atoms with van der Waals surface area (Å²) in [7, 11) is 0. The maximum Gasteiger partial charge on any atom is 0.508 e. The minimum Gasteiger partial charge on any atom is -0.434 e. The zero-order valence-electron chi connectivity index (χ0n) is 15.1. The highest BCUT2D eigenvalue weighted by atomic mass is 16.7. The fraction of sp³-hybridized carbons (Fsp3) is 0.765. The first-order chi connectivity index (χ1) is 10.4. The summed E-state index contributed by atoms with van der Waals surface area (Å²) in [4.78, 5) is 47.4. The molecule has 6 nitrogen and oxygen atoms in total. The van der Waals surface area contributed by atoms with Gasteiger partial charge in [0, 0.05) is 12.3 Å². The minimum absolute atomic E-state index is 0.165. The molecule has 6 heteroatoms. The highest BCUT2D eigenvalue weighted by Gasteiger charge is 2.32. The van der Waals surface area contributed by atoms with E-state index in [0.717, 1.165) is 0 Å². The molecule has 0 bridgehead atoms. The molecule has 0 aliphatic carbocycles. The summed E-state index contributed by atoms with van der Waals surface area (Å²) in [6.07, 6.45) is -0.601. The summed E-state index contributed by atoms with van der Waals surface area (Å²) in [6.45, 7) is 11.2. The monoisotopic (exact) mass is 328 g/mol. The van der Waals surface area contributed by atoms with Crippen molar-refractivity contribution in [3.8, 4) is 0 Å². The molecule has 0 saturated heterocycles. The third-order valence-electron chi connectivity index (χ3n) is 3.44. The van der Waals surface area contributed by atoms with Gasteiger partial charge in [0.1, 0.15) is 23.8 Å². The van der Waals surface area contributed by atoms with Gasteiger partial charge in [-0.05, 0) is 34.6 Å². The predicted molar refractivity (Wildman–Crippen MR) is 85.0 cm³/mol. The lowest BCUT2D eigenvalue weighted by atomic mass is 9.85. The van der Waals surface area contributed by atoms with E-state index < -0.39 is 35.3 Å². The number of hydrogen-bond acceptors (Lipinski definition) is 6. The van der Waals surface area contributed by atoms with Crippen molar-refractivity contribution in [2.24, 2.45) is 17.8 Å². The molecular weight excluding hydrogens is 300 g/mol. The zero-order valence-corrected chi connectivity index (χ0v) is 15.1. The van der Waals surface area contributed by atoms with Gasteiger partial charge in [-0.25, -0.2) is 4.79 Å². The van der Waals surface area contributed by atoms with Crippen LogP contribution in [-0.4, -0.2) is 35.7 Å². The van der Waals surface area contributed by atoms with Crippen LogP contribution in [0.2, 0.25) is 0 Å². The highest BCUT2D eigenvalue weighted by Crippen LogP contribution is 2.16. The van der Waals surface area contributed by atoms with E-state index in [1.54, 1.807) is 34.6 Å². The van der Waals surface area contributed by atoms with E-state index in [9.17, 15) is 19.2 Å². The van der Waals surface area contributed by atoms with Gasteiger partial charge in [-0.3, -0.25) is 14.4 Å². The highest BCUT2D eigenvalue weighted by molar-refractivity contribution is 6.11. The average molecular weight is 328 g/mol. The Morgan fingerprint density at radius 2 is 1.43 bits per heavy atom. The van der Waals surface area contributed by atoms with Crippen LogP contribution in [0.3, 0.4) is 0 Å². The van der Waals surface area contributed by atoms with Crippen molar-refractivity contribution in [1.82, 2.24) is 0 Å². The van der Waals surface area contributed by atoms with Crippen LogP contribution in [0.1, 0.15) is 54.9 Å². The lowest BCUT2D eigenvalue weighted by Crippen LogP contribution is -2.35. The van der Waals surface area contributed by atoms with Crippen LogP contribution in [0, 0.1) is 17.8 Å². The van der Waals surface area contributed by atoms with Crippen LogP contribution in [-0.2, 0) is 23.9 Å². The van der Waals surface area contributed by atoms with Gasteiger partial charge in [-0.15, -0.1) is 0 Å². The third kappa shape index (κ3) is 7.39. The molecular formula is C17H28O6. The summed E-state index contributed by atoms with van der Waals surface area (Å²) in [5.41, 5.74) is -0.677. The van der Waals surface area contributed by atoms with E-state index in [0.29, 0.717) is 0 Å². The standard InChI is InChI=1S/C17H28O6/c1-8-13(18)11(3)15(20)12(4)14(19)10(2)9-22-16(21)23-17(5,6)7/h10-12H,8-9H2,1-7H3. The van der Waals surface area contributed by atoms with Crippen molar-refractivity contribution in [3.63, 3.8) is 0 Å². The van der Waals surface area contributed by atoms with Crippen molar-refractivity contribution in [3.05, 3.63) is 0 Å². The Kier molecular flexibility index (Phi) is 8.14. The van der Waals surface area contributed by atoms with Gasteiger partial charge in [-0.2, -0.15) is 0 Å². The zero-order chi connectivity index (χ0) is 18.4. The maximum atomic E-state index is 12.2. The molecule has 23 heavy (non-hydrogen) atoms. The molecule has 0 saturated carbocycles. The fourth-order valence-corrected chi connectivity index (χ4v) is 1.96. The maximum absolute atomic E-state index is 12.2. The van der Waals surface area contributed by atoms with E-state index >= 15 is 0 Å². The number of ether oxygens (including phenoxy) is 2. The second kappa shape index (κ2) is 8.79. The number of rotatable bonds is 8. The number of hydrogen-bond donors (Lipinski definition) is 0. The Balaban J connectivity index is 4.57. The Bertz CT molecular complexity index is 460. The lowest BCUT2D eigenvalue weighted by molar-refractivity contribution is -0.139. The molecule has 0 aromatic rings. The summed E-state index contributed by atoms with van der Waals surface area (Å²) < 4.78 is 9.88. The lowest BCUT2D eigenvalue weighted by Gasteiger charge is -2.21. The molecule has 0 heterocycles. The molecule has 3 atom stereocenters. The van der Waals surface area contributed by atoms with Gasteiger partial charge >= 0.3 is 6.16 Å². The summed E-state index contributed by atoms with van der Waals surface area (Å²) in [5, 5.41) is 0. The van der Waals surface area contributed by atoms with Crippen molar-refractivity contribution >= 4 is 23.5 Å². The summed E-state index contributed by atoms with van der Waals surface area (Å²) in [6, 6.07) is 0. The van der Waals surface area contributed by atoms with Gasteiger partial charge < -0.3 is 9.47 Å². The molecule has 0 aliphatic rings. The quantitative estimate of drug-likeness (QED) is 0.503. The number of Topliss-reactive ketones (excluding diaryl/α,β-unsaturated/α-hetero) is 3. The van der Waals surface area contributed by atoms with Crippen LogP contribution >= 0.6 is 0 Å².